The van der Waals surface area contributed by atoms with Crippen LogP contribution in [-0.2, 0) is 20.9 Å². The van der Waals surface area contributed by atoms with Gasteiger partial charge in [0.25, 0.3) is 11.5 Å². The van der Waals surface area contributed by atoms with Crippen LogP contribution < -0.4 is 27.4 Å². The second-order valence-electron chi connectivity index (χ2n) is 5.61. The van der Waals surface area contributed by atoms with Crippen LogP contribution in [0.15, 0.2) is 33.9 Å². The number of hydrazine groups is 1. The molecule has 1 aliphatic carbocycles. The number of nitrogens with zero attached hydrogens (tertiary/aromatic N) is 1. The average Bonchev–Trinajstić information content (AvgIpc) is 3.40. The van der Waals surface area contributed by atoms with Crippen molar-refractivity contribution in [3.05, 3.63) is 45.1 Å². The van der Waals surface area contributed by atoms with Gasteiger partial charge in [0.15, 0.2) is 0 Å². The molecule has 0 atom stereocenters. The summed E-state index contributed by atoms with van der Waals surface area (Å²) in [6, 6.07) is 6.32. The molecule has 1 heterocycles. The molecular formula is C15H15N5O5. The third-order valence-electron chi connectivity index (χ3n) is 3.64. The summed E-state index contributed by atoms with van der Waals surface area (Å²) in [6.07, 6.45) is 1.65. The van der Waals surface area contributed by atoms with Gasteiger partial charge in [-0.15, -0.1) is 0 Å². The summed E-state index contributed by atoms with van der Waals surface area (Å²) in [6.45, 7) is -0.444. The van der Waals surface area contributed by atoms with E-state index >= 15 is 0 Å². The number of benzene rings is 1. The van der Waals surface area contributed by atoms with Crippen LogP contribution in [0.3, 0.4) is 0 Å². The van der Waals surface area contributed by atoms with Crippen molar-refractivity contribution in [2.75, 3.05) is 0 Å². The maximum atomic E-state index is 11.9. The number of carbonyl (C=O) groups excluding carboxylic acids is 3. The summed E-state index contributed by atoms with van der Waals surface area (Å²) in [5.74, 6) is -2.57. The van der Waals surface area contributed by atoms with Crippen molar-refractivity contribution in [2.24, 2.45) is 0 Å². The molecule has 0 saturated heterocycles. The van der Waals surface area contributed by atoms with Crippen molar-refractivity contribution >= 4 is 28.6 Å². The zero-order chi connectivity index (χ0) is 18.0. The van der Waals surface area contributed by atoms with Gasteiger partial charge in [0.05, 0.1) is 10.9 Å². The largest absolute Gasteiger partial charge is 0.345 e. The predicted octanol–water partition coefficient (Wildman–Crippen LogP) is -1.88. The summed E-state index contributed by atoms with van der Waals surface area (Å²) in [4.78, 5) is 60.7. The number of aromatic nitrogens is 2. The highest BCUT2D eigenvalue weighted by atomic mass is 16.2. The number of aromatic amines is 1. The summed E-state index contributed by atoms with van der Waals surface area (Å²) < 4.78 is 1.06. The molecule has 0 radical (unpaired) electrons. The number of para-hydroxylation sites is 1. The van der Waals surface area contributed by atoms with E-state index in [9.17, 15) is 24.0 Å². The van der Waals surface area contributed by atoms with Crippen LogP contribution in [0.4, 0.5) is 0 Å². The van der Waals surface area contributed by atoms with Crippen LogP contribution in [0.5, 0.6) is 0 Å². The monoisotopic (exact) mass is 345 g/mol. The van der Waals surface area contributed by atoms with E-state index in [2.05, 4.69) is 15.7 Å². The summed E-state index contributed by atoms with van der Waals surface area (Å²) >= 11 is 0. The lowest BCUT2D eigenvalue weighted by molar-refractivity contribution is -0.141. The van der Waals surface area contributed by atoms with E-state index in [1.54, 1.807) is 12.1 Å². The van der Waals surface area contributed by atoms with E-state index < -0.39 is 35.5 Å². The van der Waals surface area contributed by atoms with Crippen LogP contribution >= 0.6 is 0 Å². The first-order chi connectivity index (χ1) is 12.0. The standard InChI is InChI=1S/C15H15N5O5/c21-11(18-19-14(24)13(23)16-8-5-6-8)7-20-10-4-2-1-3-9(10)12(22)17-15(20)25/h1-4,8H,5-7H2,(H,16,23)(H,18,21)(H,19,24)(H,17,22,25). The van der Waals surface area contributed by atoms with E-state index in [4.69, 9.17) is 0 Å². The first kappa shape index (κ1) is 16.4. The Morgan fingerprint density at radius 3 is 2.52 bits per heavy atom. The van der Waals surface area contributed by atoms with Crippen LogP contribution in [0, 0.1) is 0 Å². The third kappa shape index (κ3) is 3.74. The fourth-order valence-electron chi connectivity index (χ4n) is 2.24. The molecule has 1 saturated carbocycles. The molecule has 1 fully saturated rings. The summed E-state index contributed by atoms with van der Waals surface area (Å²) in [7, 11) is 0. The highest BCUT2D eigenvalue weighted by Crippen LogP contribution is 2.18. The van der Waals surface area contributed by atoms with E-state index in [0.29, 0.717) is 0 Å². The highest BCUT2D eigenvalue weighted by Gasteiger charge is 2.26. The first-order valence-corrected chi connectivity index (χ1v) is 7.57. The molecule has 4 N–H and O–H groups in total. The number of hydrogen-bond donors (Lipinski definition) is 4. The van der Waals surface area contributed by atoms with Gasteiger partial charge in [-0.1, -0.05) is 12.1 Å². The summed E-state index contributed by atoms with van der Waals surface area (Å²) in [5, 5.41) is 2.72. The topological polar surface area (TPSA) is 142 Å². The lowest BCUT2D eigenvalue weighted by atomic mass is 10.2. The second-order valence-corrected chi connectivity index (χ2v) is 5.61. The van der Waals surface area contributed by atoms with Gasteiger partial charge in [0.1, 0.15) is 6.54 Å². The van der Waals surface area contributed by atoms with Gasteiger partial charge in [-0.3, -0.25) is 39.6 Å². The number of nitrogens with one attached hydrogen (secondary N) is 4. The molecule has 10 nitrogen and oxygen atoms in total. The smallest absolute Gasteiger partial charge is 0.329 e. The van der Waals surface area contributed by atoms with Gasteiger partial charge in [0.2, 0.25) is 0 Å². The normalized spacial score (nSPS) is 13.3. The van der Waals surface area contributed by atoms with Gasteiger partial charge < -0.3 is 5.32 Å². The van der Waals surface area contributed by atoms with Crippen LogP contribution in [-0.4, -0.2) is 33.3 Å². The Labute approximate surface area is 140 Å². The minimum Gasteiger partial charge on any atom is -0.345 e. The Balaban J connectivity index is 1.68. The Bertz CT molecular complexity index is 972. The van der Waals surface area contributed by atoms with E-state index in [-0.39, 0.29) is 16.9 Å². The van der Waals surface area contributed by atoms with Crippen molar-refractivity contribution < 1.29 is 14.4 Å². The van der Waals surface area contributed by atoms with Crippen molar-refractivity contribution in [1.82, 2.24) is 25.7 Å². The molecule has 0 bridgehead atoms. The van der Waals surface area contributed by atoms with Crippen LogP contribution in [0.25, 0.3) is 10.9 Å². The number of carbonyl (C=O) groups is 3. The van der Waals surface area contributed by atoms with Crippen molar-refractivity contribution in [1.29, 1.82) is 0 Å². The van der Waals surface area contributed by atoms with Gasteiger partial charge >= 0.3 is 17.5 Å². The average molecular weight is 345 g/mol. The lowest BCUT2D eigenvalue weighted by Crippen LogP contribution is -2.50. The Morgan fingerprint density at radius 2 is 1.80 bits per heavy atom. The molecule has 25 heavy (non-hydrogen) atoms. The fraction of sp³-hybridized carbons (Fsp3) is 0.267. The Kier molecular flexibility index (Phi) is 4.33. The Morgan fingerprint density at radius 1 is 1.08 bits per heavy atom. The van der Waals surface area contributed by atoms with E-state index in [1.807, 2.05) is 5.43 Å². The molecule has 1 aliphatic rings. The fourth-order valence-corrected chi connectivity index (χ4v) is 2.24. The molecule has 10 heteroatoms. The second kappa shape index (κ2) is 6.59. The molecule has 0 spiro atoms. The van der Waals surface area contributed by atoms with Crippen molar-refractivity contribution in [3.63, 3.8) is 0 Å². The molecule has 0 aliphatic heterocycles. The maximum Gasteiger partial charge on any atom is 0.329 e. The molecule has 1 aromatic heterocycles. The summed E-state index contributed by atoms with van der Waals surface area (Å²) in [5.41, 5.74) is 3.01. The van der Waals surface area contributed by atoms with Crippen LogP contribution in [0.2, 0.25) is 0 Å². The van der Waals surface area contributed by atoms with Gasteiger partial charge in [-0.05, 0) is 25.0 Å². The molecule has 1 aromatic carbocycles. The minimum absolute atomic E-state index is 0.0139. The number of fused-ring (bicyclic) bond motifs is 1. The molecular weight excluding hydrogens is 330 g/mol. The number of rotatable bonds is 3. The van der Waals surface area contributed by atoms with Gasteiger partial charge in [-0.25, -0.2) is 4.79 Å². The quantitative estimate of drug-likeness (QED) is 0.380. The number of H-pyrrole nitrogens is 1. The van der Waals surface area contributed by atoms with Crippen molar-refractivity contribution in [3.8, 4) is 0 Å². The molecule has 3 amide bonds. The van der Waals surface area contributed by atoms with Crippen molar-refractivity contribution in [2.45, 2.75) is 25.4 Å². The Hall–Kier alpha value is -3.43. The maximum absolute atomic E-state index is 11.9. The third-order valence-corrected chi connectivity index (χ3v) is 3.64. The zero-order valence-corrected chi connectivity index (χ0v) is 13.0. The van der Waals surface area contributed by atoms with E-state index in [0.717, 1.165) is 17.4 Å². The number of amides is 3. The molecule has 0 unspecified atom stereocenters. The molecule has 3 rings (SSSR count). The number of hydrogen-bond acceptors (Lipinski definition) is 5. The van der Waals surface area contributed by atoms with Crippen LogP contribution in [0.1, 0.15) is 12.8 Å². The lowest BCUT2D eigenvalue weighted by Gasteiger charge is -2.10. The zero-order valence-electron chi connectivity index (χ0n) is 13.0. The van der Waals surface area contributed by atoms with Gasteiger partial charge in [0, 0.05) is 6.04 Å². The highest BCUT2D eigenvalue weighted by molar-refractivity contribution is 6.35. The minimum atomic E-state index is -1.00. The predicted molar refractivity (Wildman–Crippen MR) is 86.3 cm³/mol. The SMILES string of the molecule is O=C(Cn1c(=O)[nH]c(=O)c2ccccc21)NNC(=O)C(=O)NC1CC1. The first-order valence-electron chi connectivity index (χ1n) is 7.57. The molecule has 130 valence electrons. The molecule has 2 aromatic rings. The van der Waals surface area contributed by atoms with E-state index in [1.165, 1.54) is 12.1 Å². The van der Waals surface area contributed by atoms with Gasteiger partial charge in [-0.2, -0.15) is 0 Å².